The SMILES string of the molecule is CCNC(=O)c1nnc(-c2cc(C(C)C)c(O)cc2O)n1-c1ccc(CN2CCN(C(=O)CCNC(=O)[C@@H](CCC(=O)N3CCN(Cc4ccc(-n5c(C(=O)NCC)nnc5-c5cc(C(C)C)c(O)cc5O)cc4)CC3)NC(=O)CC[C@H](C(=O)OC(C)(C)C)N3CCN(CC(=O)OC(C)(C)C)CCN(CC(=O)OC(C)(C)C)CCN(CC(=O)OC(C)(C)C)CC3)CC2)cc1. The minimum Gasteiger partial charge on any atom is -0.508 e. The summed E-state index contributed by atoms with van der Waals surface area (Å²) in [5, 5.41) is 72.1. The number of phenols is 4. The van der Waals surface area contributed by atoms with Crippen LogP contribution in [0.25, 0.3) is 34.2 Å². The highest BCUT2D eigenvalue weighted by Gasteiger charge is 2.37. The molecule has 2 atom stereocenters. The molecule has 0 bridgehead atoms. The predicted molar refractivity (Wildman–Crippen MR) is 484 cm³/mol. The van der Waals surface area contributed by atoms with E-state index in [4.69, 9.17) is 18.9 Å². The van der Waals surface area contributed by atoms with Gasteiger partial charge in [0.2, 0.25) is 35.3 Å². The Labute approximate surface area is 757 Å². The van der Waals surface area contributed by atoms with Gasteiger partial charge in [0.1, 0.15) is 57.5 Å². The summed E-state index contributed by atoms with van der Waals surface area (Å²) in [5.41, 5.74) is 1.27. The first-order chi connectivity index (χ1) is 60.7. The number of amides is 6. The minimum absolute atomic E-state index is 0.00123. The monoisotopic (exact) mass is 1790 g/mol. The van der Waals surface area contributed by atoms with Crippen molar-refractivity contribution < 1.29 is 87.3 Å². The number of phenolic OH excluding ortho intramolecular Hbond substituents is 4. The molecule has 0 spiro atoms. The van der Waals surface area contributed by atoms with Crippen LogP contribution < -0.4 is 21.3 Å². The van der Waals surface area contributed by atoms with Crippen LogP contribution in [0.3, 0.4) is 0 Å². The van der Waals surface area contributed by atoms with E-state index in [-0.39, 0.29) is 192 Å². The predicted octanol–water partition coefficient (Wildman–Crippen LogP) is 7.25. The molecule has 0 saturated carbocycles. The summed E-state index contributed by atoms with van der Waals surface area (Å²) in [4.78, 5) is 156. The van der Waals surface area contributed by atoms with Crippen LogP contribution >= 0.6 is 0 Å². The molecule has 706 valence electrons. The van der Waals surface area contributed by atoms with E-state index in [1.807, 2.05) is 95.8 Å². The van der Waals surface area contributed by atoms with E-state index in [0.717, 1.165) is 11.1 Å². The molecule has 4 aromatic carbocycles. The summed E-state index contributed by atoms with van der Waals surface area (Å²) in [6.45, 7) is 38.8. The summed E-state index contributed by atoms with van der Waals surface area (Å²) in [6, 6.07) is 18.4. The first-order valence-corrected chi connectivity index (χ1v) is 44.9. The Morgan fingerprint density at radius 1 is 0.411 bits per heavy atom. The van der Waals surface area contributed by atoms with Gasteiger partial charge < -0.3 is 70.4 Å². The van der Waals surface area contributed by atoms with E-state index < -0.39 is 82.0 Å². The molecule has 3 aliphatic rings. The van der Waals surface area contributed by atoms with Gasteiger partial charge in [-0.05, 0) is 180 Å². The van der Waals surface area contributed by atoms with E-state index in [1.165, 1.54) is 12.1 Å². The number of carbonyl (C=O) groups is 10. The second-order valence-electron chi connectivity index (χ2n) is 37.8. The van der Waals surface area contributed by atoms with Crippen LogP contribution in [0, 0.1) is 0 Å². The number of aromatic hydroxyl groups is 4. The number of nitrogens with zero attached hydrogens (tertiary/aromatic N) is 14. The van der Waals surface area contributed by atoms with E-state index in [1.54, 1.807) is 128 Å². The molecule has 9 rings (SSSR count). The third kappa shape index (κ3) is 30.5. The van der Waals surface area contributed by atoms with Gasteiger partial charge in [-0.2, -0.15) is 0 Å². The maximum absolute atomic E-state index is 14.9. The fourth-order valence-electron chi connectivity index (χ4n) is 15.6. The van der Waals surface area contributed by atoms with Crippen LogP contribution in [-0.2, 0) is 70.4 Å². The van der Waals surface area contributed by atoms with Crippen molar-refractivity contribution >= 4 is 59.3 Å². The third-order valence-corrected chi connectivity index (χ3v) is 22.0. The molecule has 8 N–H and O–H groups in total. The quantitative estimate of drug-likeness (QED) is 0.0148. The number of carbonyl (C=O) groups excluding carboxylic acids is 10. The summed E-state index contributed by atoms with van der Waals surface area (Å²) in [7, 11) is 0. The topological polar surface area (TPSA) is 424 Å². The molecule has 0 unspecified atom stereocenters. The zero-order valence-corrected chi connectivity index (χ0v) is 78.5. The van der Waals surface area contributed by atoms with Crippen LogP contribution in [0.1, 0.15) is 212 Å². The molecule has 0 radical (unpaired) electrons. The zero-order chi connectivity index (χ0) is 94.6. The number of aromatic nitrogens is 6. The van der Waals surface area contributed by atoms with Gasteiger partial charge in [-0.3, -0.25) is 86.5 Å². The highest BCUT2D eigenvalue weighted by atomic mass is 16.6. The largest absolute Gasteiger partial charge is 0.508 e. The van der Waals surface area contributed by atoms with Gasteiger partial charge in [0, 0.05) is 180 Å². The van der Waals surface area contributed by atoms with Gasteiger partial charge >= 0.3 is 23.9 Å². The molecule has 3 fully saturated rings. The Hall–Kier alpha value is -11.2. The van der Waals surface area contributed by atoms with E-state index >= 15 is 0 Å². The lowest BCUT2D eigenvalue weighted by molar-refractivity contribution is -0.163. The van der Waals surface area contributed by atoms with Crippen LogP contribution in [0.15, 0.2) is 72.8 Å². The summed E-state index contributed by atoms with van der Waals surface area (Å²) in [6.07, 6.45) is -0.824. The number of hydrogen-bond acceptors (Lipinski definition) is 28. The smallest absolute Gasteiger partial charge is 0.323 e. The van der Waals surface area contributed by atoms with Crippen LogP contribution in [0.5, 0.6) is 23.0 Å². The van der Waals surface area contributed by atoms with Crippen molar-refractivity contribution in [2.45, 2.75) is 216 Å². The van der Waals surface area contributed by atoms with Gasteiger partial charge in [0.25, 0.3) is 11.8 Å². The number of rotatable bonds is 33. The van der Waals surface area contributed by atoms with Crippen molar-refractivity contribution in [2.24, 2.45) is 0 Å². The lowest BCUT2D eigenvalue weighted by Crippen LogP contribution is -2.53. The maximum atomic E-state index is 14.9. The average molecular weight is 1790 g/mol. The van der Waals surface area contributed by atoms with Crippen LogP contribution in [0.2, 0.25) is 0 Å². The minimum atomic E-state index is -1.29. The molecular weight excluding hydrogens is 1660 g/mol. The molecule has 6 aromatic rings. The molecule has 36 heteroatoms. The number of ether oxygens (including phenoxy) is 4. The standard InChI is InChI=1S/C93H136N18O18/c1-19-94-87(123)84-100-98-82(68-51-66(60(3)4)72(112)53-74(68)114)110(84)64-25-21-62(22-26-64)55-102-41-47-108(48-42-102)77(117)32-29-70(86(122)96-34-33-78(118)109-49-43-103(44-50-109)56-63-23-27-65(28-24-63)111-83(99-101-85(111)88(124)95-20-2)69-52-67(61(5)6)73(113)54-75(69)115)97-76(116)31-30-71(89(125)129-93(16,17)18)107-45-39-105(58-80(120)127-91(10,11)12)37-35-104(57-79(119)126-90(7,8)9)36-38-106(40-46-107)59-81(121)128-92(13,14)15/h21-28,51-54,60-61,70-71,112-115H,19-20,29-50,55-59H2,1-18H3,(H,94,123)(H,95,124)(H,96,122)(H,97,116)/t70-,71-/m1/s1. The lowest BCUT2D eigenvalue weighted by Gasteiger charge is -2.37. The number of nitrogens with one attached hydrogen (secondary N) is 4. The maximum Gasteiger partial charge on any atom is 0.323 e. The lowest BCUT2D eigenvalue weighted by atomic mass is 9.98. The molecule has 6 amide bonds. The highest BCUT2D eigenvalue weighted by Crippen LogP contribution is 2.41. The van der Waals surface area contributed by atoms with Crippen LogP contribution in [-0.4, -0.2) is 327 Å². The van der Waals surface area contributed by atoms with Crippen LogP contribution in [0.4, 0.5) is 0 Å². The second kappa shape index (κ2) is 45.4. The van der Waals surface area contributed by atoms with Gasteiger partial charge in [0.05, 0.1) is 30.8 Å². The number of benzene rings is 4. The zero-order valence-electron chi connectivity index (χ0n) is 78.5. The second-order valence-corrected chi connectivity index (χ2v) is 37.8. The van der Waals surface area contributed by atoms with E-state index in [9.17, 15) is 68.4 Å². The molecule has 2 aromatic heterocycles. The molecule has 129 heavy (non-hydrogen) atoms. The first-order valence-electron chi connectivity index (χ1n) is 44.9. The number of piperazine rings is 2. The Bertz CT molecular complexity index is 4810. The first kappa shape index (κ1) is 102. The van der Waals surface area contributed by atoms with Crippen molar-refractivity contribution in [3.8, 4) is 57.1 Å². The van der Waals surface area contributed by atoms with E-state index in [2.05, 4.69) is 51.5 Å². The van der Waals surface area contributed by atoms with Crippen molar-refractivity contribution in [3.05, 3.63) is 107 Å². The van der Waals surface area contributed by atoms with Crippen molar-refractivity contribution in [3.63, 3.8) is 0 Å². The summed E-state index contributed by atoms with van der Waals surface area (Å²) >= 11 is 0. The number of esters is 4. The molecule has 3 aliphatic heterocycles. The number of hydrogen-bond donors (Lipinski definition) is 8. The normalized spacial score (nSPS) is 16.0. The fraction of sp³-hybridized carbons (Fsp3) is 0.591. The molecule has 36 nitrogen and oxygen atoms in total. The summed E-state index contributed by atoms with van der Waals surface area (Å²) in [5.74, 6) is -5.22. The Morgan fingerprint density at radius 3 is 1.12 bits per heavy atom. The Morgan fingerprint density at radius 2 is 0.767 bits per heavy atom. The molecule has 3 saturated heterocycles. The molecule has 5 heterocycles. The van der Waals surface area contributed by atoms with Crippen molar-refractivity contribution in [2.75, 3.05) is 144 Å². The third-order valence-electron chi connectivity index (χ3n) is 22.0. The molecule has 0 aliphatic carbocycles. The average Bonchev–Trinajstić information content (AvgIpc) is 1.62. The van der Waals surface area contributed by atoms with Gasteiger partial charge in [0.15, 0.2) is 11.6 Å². The highest BCUT2D eigenvalue weighted by molar-refractivity contribution is 5.94. The van der Waals surface area contributed by atoms with Crippen molar-refractivity contribution in [1.29, 1.82) is 0 Å². The Kier molecular flexibility index (Phi) is 35.7. The van der Waals surface area contributed by atoms with Gasteiger partial charge in [-0.15, -0.1) is 20.4 Å². The molecular formula is C93H136N18O18. The summed E-state index contributed by atoms with van der Waals surface area (Å²) < 4.78 is 26.6. The Balaban J connectivity index is 0.900. The van der Waals surface area contributed by atoms with Crippen molar-refractivity contribution in [1.82, 2.24) is 90.0 Å². The fourth-order valence-corrected chi connectivity index (χ4v) is 15.6. The van der Waals surface area contributed by atoms with Gasteiger partial charge in [-0.25, -0.2) is 0 Å². The van der Waals surface area contributed by atoms with Gasteiger partial charge in [-0.1, -0.05) is 52.0 Å². The van der Waals surface area contributed by atoms with E-state index in [0.29, 0.717) is 101 Å².